The summed E-state index contributed by atoms with van der Waals surface area (Å²) in [5.74, 6) is -0.496. The lowest BCUT2D eigenvalue weighted by molar-refractivity contribution is -0.879. The standard InChI is InChI=1S/C19H28NO3.BrH/c1-20(2)13-12-17(14-20)23-18(21)19(22,16-10-6-7-11-16)15-8-4-3-5-9-15;/h3-5,8-9,16-17,22H,6-7,10-14H2,1-2H3;1H/q+1;/p-1/t17?,19-;/m0./s1. The minimum absolute atomic E-state index is 0. The van der Waals surface area contributed by atoms with Crippen LogP contribution in [0.5, 0.6) is 0 Å². The number of aliphatic hydroxyl groups is 1. The number of quaternary nitrogens is 1. The second-order valence-electron chi connectivity index (χ2n) is 7.77. The number of hydrogen-bond acceptors (Lipinski definition) is 3. The quantitative estimate of drug-likeness (QED) is 0.548. The molecule has 134 valence electrons. The van der Waals surface area contributed by atoms with Gasteiger partial charge in [0.15, 0.2) is 11.7 Å². The molecule has 1 N–H and O–H groups in total. The van der Waals surface area contributed by atoms with E-state index < -0.39 is 11.6 Å². The van der Waals surface area contributed by atoms with E-state index >= 15 is 0 Å². The zero-order valence-electron chi connectivity index (χ0n) is 14.6. The van der Waals surface area contributed by atoms with Gasteiger partial charge in [-0.3, -0.25) is 0 Å². The highest BCUT2D eigenvalue weighted by Crippen LogP contribution is 2.42. The first-order valence-electron chi connectivity index (χ1n) is 8.73. The minimum Gasteiger partial charge on any atom is -1.00 e. The Morgan fingerprint density at radius 3 is 2.33 bits per heavy atom. The number of ether oxygens (including phenoxy) is 1. The van der Waals surface area contributed by atoms with E-state index in [0.29, 0.717) is 5.56 Å². The van der Waals surface area contributed by atoms with Gasteiger partial charge in [0.25, 0.3) is 0 Å². The maximum Gasteiger partial charge on any atom is 0.343 e. The van der Waals surface area contributed by atoms with E-state index in [9.17, 15) is 9.90 Å². The van der Waals surface area contributed by atoms with Crippen molar-refractivity contribution in [1.29, 1.82) is 0 Å². The molecule has 2 aliphatic rings. The average molecular weight is 398 g/mol. The van der Waals surface area contributed by atoms with Crippen molar-refractivity contribution < 1.29 is 36.1 Å². The van der Waals surface area contributed by atoms with E-state index in [2.05, 4.69) is 14.1 Å². The summed E-state index contributed by atoms with van der Waals surface area (Å²) < 4.78 is 6.64. The van der Waals surface area contributed by atoms with Gasteiger partial charge < -0.3 is 31.3 Å². The van der Waals surface area contributed by atoms with E-state index in [-0.39, 0.29) is 29.0 Å². The van der Waals surface area contributed by atoms with Gasteiger partial charge in [0.05, 0.1) is 20.6 Å². The first-order chi connectivity index (χ1) is 10.9. The minimum atomic E-state index is -1.50. The molecule has 1 heterocycles. The van der Waals surface area contributed by atoms with Crippen molar-refractivity contribution in [3.8, 4) is 0 Å². The molecule has 1 saturated heterocycles. The third-order valence-electron chi connectivity index (χ3n) is 5.50. The lowest BCUT2D eigenvalue weighted by Crippen LogP contribution is -3.00. The van der Waals surface area contributed by atoms with Gasteiger partial charge in [0.2, 0.25) is 0 Å². The van der Waals surface area contributed by atoms with Gasteiger partial charge in [-0.25, -0.2) is 4.79 Å². The molecule has 1 aromatic carbocycles. The Kier molecular flexibility index (Phi) is 6.10. The smallest absolute Gasteiger partial charge is 0.343 e. The van der Waals surface area contributed by atoms with Gasteiger partial charge in [0.1, 0.15) is 6.54 Å². The van der Waals surface area contributed by atoms with Crippen LogP contribution in [0.4, 0.5) is 0 Å². The molecular formula is C19H28BrNO3. The highest BCUT2D eigenvalue weighted by atomic mass is 79.9. The van der Waals surface area contributed by atoms with Gasteiger partial charge in [-0.2, -0.15) is 0 Å². The summed E-state index contributed by atoms with van der Waals surface area (Å²) in [5.41, 5.74) is -0.832. The molecule has 0 aromatic heterocycles. The maximum absolute atomic E-state index is 12.9. The van der Waals surface area contributed by atoms with Gasteiger partial charge in [0, 0.05) is 12.3 Å². The lowest BCUT2D eigenvalue weighted by atomic mass is 9.80. The summed E-state index contributed by atoms with van der Waals surface area (Å²) in [6.45, 7) is 1.83. The first-order valence-corrected chi connectivity index (χ1v) is 8.73. The summed E-state index contributed by atoms with van der Waals surface area (Å²) in [6, 6.07) is 9.33. The van der Waals surface area contributed by atoms with Crippen LogP contribution in [0.2, 0.25) is 0 Å². The molecule has 0 spiro atoms. The molecule has 1 aliphatic carbocycles. The molecule has 0 radical (unpaired) electrons. The van der Waals surface area contributed by atoms with Crippen LogP contribution in [0, 0.1) is 5.92 Å². The lowest BCUT2D eigenvalue weighted by Gasteiger charge is -2.33. The van der Waals surface area contributed by atoms with Gasteiger partial charge in [-0.1, -0.05) is 43.2 Å². The van der Waals surface area contributed by atoms with Crippen LogP contribution in [0.15, 0.2) is 30.3 Å². The number of carbonyl (C=O) groups is 1. The Morgan fingerprint density at radius 1 is 1.17 bits per heavy atom. The second kappa shape index (κ2) is 7.54. The van der Waals surface area contributed by atoms with Crippen molar-refractivity contribution in [2.24, 2.45) is 5.92 Å². The van der Waals surface area contributed by atoms with Gasteiger partial charge in [-0.15, -0.1) is 0 Å². The molecule has 2 fully saturated rings. The Bertz CT molecular complexity index is 557. The molecule has 1 aliphatic heterocycles. The van der Waals surface area contributed by atoms with E-state index in [0.717, 1.165) is 49.7 Å². The molecule has 2 atom stereocenters. The van der Waals surface area contributed by atoms with Gasteiger partial charge >= 0.3 is 5.97 Å². The number of likely N-dealkylation sites (tertiary alicyclic amines) is 1. The largest absolute Gasteiger partial charge is 1.00 e. The topological polar surface area (TPSA) is 46.5 Å². The number of hydrogen-bond donors (Lipinski definition) is 1. The fourth-order valence-electron chi connectivity index (χ4n) is 4.12. The molecule has 5 heteroatoms. The number of nitrogens with zero attached hydrogens (tertiary/aromatic N) is 1. The van der Waals surface area contributed by atoms with Crippen molar-refractivity contribution in [2.45, 2.75) is 43.8 Å². The van der Waals surface area contributed by atoms with Crippen molar-refractivity contribution >= 4 is 5.97 Å². The summed E-state index contributed by atoms with van der Waals surface area (Å²) in [6.07, 6.45) is 4.68. The fourth-order valence-corrected chi connectivity index (χ4v) is 4.12. The van der Waals surface area contributed by atoms with Crippen LogP contribution >= 0.6 is 0 Å². The summed E-state index contributed by atoms with van der Waals surface area (Å²) in [4.78, 5) is 12.9. The number of likely N-dealkylation sites (N-methyl/N-ethyl adjacent to an activating group) is 1. The molecule has 3 rings (SSSR count). The van der Waals surface area contributed by atoms with E-state index in [1.807, 2.05) is 30.3 Å². The zero-order valence-corrected chi connectivity index (χ0v) is 16.2. The van der Waals surface area contributed by atoms with Crippen LogP contribution in [-0.4, -0.2) is 48.8 Å². The third kappa shape index (κ3) is 3.84. The molecule has 0 bridgehead atoms. The third-order valence-corrected chi connectivity index (χ3v) is 5.50. The van der Waals surface area contributed by atoms with Gasteiger partial charge in [-0.05, 0) is 18.4 Å². The van der Waals surface area contributed by atoms with E-state index in [1.54, 1.807) is 0 Å². The summed E-state index contributed by atoms with van der Waals surface area (Å²) >= 11 is 0. The SMILES string of the molecule is C[N+]1(C)CCC(OC(=O)[C@](O)(c2ccccc2)C2CCCC2)C1.[Br-]. The highest BCUT2D eigenvalue weighted by molar-refractivity contribution is 5.81. The van der Waals surface area contributed by atoms with Crippen LogP contribution in [0.1, 0.15) is 37.7 Å². The molecule has 0 amide bonds. The molecule has 24 heavy (non-hydrogen) atoms. The fraction of sp³-hybridized carbons (Fsp3) is 0.632. The molecule has 1 aromatic rings. The van der Waals surface area contributed by atoms with Crippen molar-refractivity contribution in [3.63, 3.8) is 0 Å². The van der Waals surface area contributed by atoms with Crippen LogP contribution < -0.4 is 17.0 Å². The van der Waals surface area contributed by atoms with Crippen molar-refractivity contribution in [1.82, 2.24) is 0 Å². The Labute approximate surface area is 155 Å². The summed E-state index contributed by atoms with van der Waals surface area (Å²) in [7, 11) is 4.29. The predicted octanol–water partition coefficient (Wildman–Crippen LogP) is -0.540. The first kappa shape index (κ1) is 19.4. The van der Waals surface area contributed by atoms with E-state index in [1.165, 1.54) is 0 Å². The van der Waals surface area contributed by atoms with E-state index in [4.69, 9.17) is 4.74 Å². The van der Waals surface area contributed by atoms with Crippen LogP contribution in [-0.2, 0) is 15.1 Å². The molecule has 1 saturated carbocycles. The normalized spacial score (nSPS) is 25.7. The zero-order chi connectivity index (χ0) is 16.5. The Hall–Kier alpha value is -0.910. The Morgan fingerprint density at radius 2 is 1.79 bits per heavy atom. The predicted molar refractivity (Wildman–Crippen MR) is 88.6 cm³/mol. The van der Waals surface area contributed by atoms with Crippen molar-refractivity contribution in [3.05, 3.63) is 35.9 Å². The number of rotatable bonds is 4. The van der Waals surface area contributed by atoms with Crippen LogP contribution in [0.3, 0.4) is 0 Å². The average Bonchev–Trinajstić information content (AvgIpc) is 3.17. The second-order valence-corrected chi connectivity index (χ2v) is 7.77. The van der Waals surface area contributed by atoms with Crippen LogP contribution in [0.25, 0.3) is 0 Å². The number of esters is 1. The number of carbonyl (C=O) groups excluding carboxylic acids is 1. The Balaban J connectivity index is 0.00000208. The maximum atomic E-state index is 12.9. The molecule has 1 unspecified atom stereocenters. The highest BCUT2D eigenvalue weighted by Gasteiger charge is 2.49. The molecule has 4 nitrogen and oxygen atoms in total. The summed E-state index contributed by atoms with van der Waals surface area (Å²) in [5, 5.41) is 11.4. The van der Waals surface area contributed by atoms with Crippen molar-refractivity contribution in [2.75, 3.05) is 27.2 Å². The molecular weight excluding hydrogens is 370 g/mol. The number of halogens is 1. The monoisotopic (exact) mass is 397 g/mol. The number of benzene rings is 1.